The number of aliphatic hydroxyl groups excluding tert-OH is 1. The molecule has 0 rings (SSSR count). The van der Waals surface area contributed by atoms with E-state index in [4.69, 9.17) is 19.3 Å². The van der Waals surface area contributed by atoms with Crippen molar-refractivity contribution in [2.45, 2.75) is 18.5 Å². The van der Waals surface area contributed by atoms with Crippen LogP contribution in [-0.2, 0) is 14.2 Å². The summed E-state index contributed by atoms with van der Waals surface area (Å²) in [6.07, 6.45) is -6.64. The number of hydrogen-bond donors (Lipinski definition) is 1. The molecule has 152 valence electrons. The molecule has 0 amide bonds. The van der Waals surface area contributed by atoms with E-state index in [2.05, 4.69) is 0 Å². The van der Waals surface area contributed by atoms with E-state index in [0.29, 0.717) is 51.1 Å². The van der Waals surface area contributed by atoms with Crippen molar-refractivity contribution in [3.05, 3.63) is 0 Å². The molecule has 11 heteroatoms. The maximum atomic E-state index is 12.6. The molecule has 0 fully saturated rings. The van der Waals surface area contributed by atoms with Crippen molar-refractivity contribution in [3.8, 4) is 0 Å². The van der Waals surface area contributed by atoms with Gasteiger partial charge in [0.25, 0.3) is 0 Å². The van der Waals surface area contributed by atoms with E-state index < -0.39 is 18.5 Å². The molecule has 0 aliphatic carbocycles. The van der Waals surface area contributed by atoms with Gasteiger partial charge in [0, 0.05) is 23.7 Å². The van der Waals surface area contributed by atoms with E-state index >= 15 is 0 Å². The number of alkyl halides is 5. The number of hydrogen-bond acceptors (Lipinski definition) is 6. The Hall–Kier alpha value is 0.190. The standard InChI is InChI=1S/C14H25F5O4S2/c15-13(16,14(17,18)19)1-9-24-11-12-25-10-8-23-7-6-22-5-4-21-3-2-20/h20H,1-12H2. The fourth-order valence-corrected chi connectivity index (χ4v) is 3.38. The van der Waals surface area contributed by atoms with Gasteiger partial charge in [0.05, 0.1) is 46.2 Å². The van der Waals surface area contributed by atoms with Crippen LogP contribution < -0.4 is 0 Å². The minimum absolute atomic E-state index is 0.0146. The first kappa shape index (κ1) is 25.2. The molecular weight excluding hydrogens is 391 g/mol. The lowest BCUT2D eigenvalue weighted by molar-refractivity contribution is -0.282. The van der Waals surface area contributed by atoms with E-state index in [1.165, 1.54) is 0 Å². The van der Waals surface area contributed by atoms with Crippen LogP contribution in [0.2, 0.25) is 0 Å². The van der Waals surface area contributed by atoms with Crippen LogP contribution in [0.25, 0.3) is 0 Å². The molecule has 4 nitrogen and oxygen atoms in total. The maximum Gasteiger partial charge on any atom is 0.453 e. The molecule has 0 radical (unpaired) electrons. The van der Waals surface area contributed by atoms with Gasteiger partial charge >= 0.3 is 12.1 Å². The summed E-state index contributed by atoms with van der Waals surface area (Å²) in [5.41, 5.74) is 0. The van der Waals surface area contributed by atoms with E-state index in [0.717, 1.165) is 17.5 Å². The molecule has 0 heterocycles. The van der Waals surface area contributed by atoms with Crippen molar-refractivity contribution in [1.29, 1.82) is 0 Å². The lowest BCUT2D eigenvalue weighted by Gasteiger charge is -2.18. The summed E-state index contributed by atoms with van der Waals surface area (Å²) < 4.78 is 76.6. The smallest absolute Gasteiger partial charge is 0.394 e. The Balaban J connectivity index is 3.22. The van der Waals surface area contributed by atoms with Crippen molar-refractivity contribution in [3.63, 3.8) is 0 Å². The Morgan fingerprint density at radius 1 is 0.640 bits per heavy atom. The van der Waals surface area contributed by atoms with Crippen molar-refractivity contribution < 1.29 is 41.3 Å². The fraction of sp³-hybridized carbons (Fsp3) is 1.00. The Morgan fingerprint density at radius 2 is 1.12 bits per heavy atom. The fourth-order valence-electron chi connectivity index (χ4n) is 1.39. The molecule has 0 spiro atoms. The molecule has 0 saturated carbocycles. The van der Waals surface area contributed by atoms with Crippen LogP contribution in [0.1, 0.15) is 6.42 Å². The molecule has 0 atom stereocenters. The first-order valence-corrected chi connectivity index (χ1v) is 10.1. The second-order valence-corrected chi connectivity index (χ2v) is 7.19. The van der Waals surface area contributed by atoms with Crippen molar-refractivity contribution in [1.82, 2.24) is 0 Å². The van der Waals surface area contributed by atoms with Gasteiger partial charge in [-0.05, 0) is 5.75 Å². The third-order valence-corrected chi connectivity index (χ3v) is 4.89. The molecular formula is C14H25F5O4S2. The molecule has 0 aliphatic heterocycles. The molecule has 0 aromatic rings. The predicted octanol–water partition coefficient (Wildman–Crippen LogP) is 3.08. The third kappa shape index (κ3) is 15.0. The largest absolute Gasteiger partial charge is 0.453 e. The van der Waals surface area contributed by atoms with Crippen LogP contribution >= 0.6 is 23.5 Å². The van der Waals surface area contributed by atoms with Gasteiger partial charge < -0.3 is 19.3 Å². The maximum absolute atomic E-state index is 12.6. The van der Waals surface area contributed by atoms with Gasteiger partial charge in [0.1, 0.15) is 0 Å². The Kier molecular flexibility index (Phi) is 15.4. The van der Waals surface area contributed by atoms with Crippen LogP contribution in [0.3, 0.4) is 0 Å². The number of aliphatic hydroxyl groups is 1. The summed E-state index contributed by atoms with van der Waals surface area (Å²) in [7, 11) is 0. The van der Waals surface area contributed by atoms with Crippen molar-refractivity contribution in [2.75, 3.05) is 69.3 Å². The summed E-state index contributed by atoms with van der Waals surface area (Å²) in [5, 5.41) is 8.47. The number of thioether (sulfide) groups is 2. The third-order valence-electron chi connectivity index (χ3n) is 2.70. The summed E-state index contributed by atoms with van der Waals surface area (Å²) in [5.74, 6) is -2.91. The zero-order chi connectivity index (χ0) is 19.0. The van der Waals surface area contributed by atoms with Gasteiger partial charge in [-0.1, -0.05) is 0 Å². The summed E-state index contributed by atoms with van der Waals surface area (Å²) in [6.45, 7) is 2.54. The average Bonchev–Trinajstić information content (AvgIpc) is 2.53. The molecule has 0 aliphatic rings. The summed E-state index contributed by atoms with van der Waals surface area (Å²) in [6, 6.07) is 0. The van der Waals surface area contributed by atoms with E-state index in [1.807, 2.05) is 0 Å². The average molecular weight is 416 g/mol. The van der Waals surface area contributed by atoms with Gasteiger partial charge in [-0.25, -0.2) is 0 Å². The zero-order valence-electron chi connectivity index (χ0n) is 13.9. The molecule has 0 unspecified atom stereocenters. The Labute approximate surface area is 153 Å². The van der Waals surface area contributed by atoms with Gasteiger partial charge in [0.2, 0.25) is 0 Å². The van der Waals surface area contributed by atoms with Gasteiger partial charge in [-0.2, -0.15) is 45.5 Å². The number of rotatable bonds is 17. The second kappa shape index (κ2) is 15.3. The van der Waals surface area contributed by atoms with Crippen molar-refractivity contribution >= 4 is 23.5 Å². The number of ether oxygens (including phenoxy) is 3. The molecule has 0 bridgehead atoms. The normalized spacial score (nSPS) is 12.7. The number of halogens is 5. The molecule has 0 aromatic heterocycles. The minimum Gasteiger partial charge on any atom is -0.394 e. The highest BCUT2D eigenvalue weighted by Gasteiger charge is 2.56. The lowest BCUT2D eigenvalue weighted by Crippen LogP contribution is -2.36. The van der Waals surface area contributed by atoms with Crippen LogP contribution in [0, 0.1) is 0 Å². The van der Waals surface area contributed by atoms with E-state index in [-0.39, 0.29) is 12.4 Å². The summed E-state index contributed by atoms with van der Waals surface area (Å²) in [4.78, 5) is 0. The SMILES string of the molecule is OCCOCCOCCOCCSCCSCCC(F)(F)C(F)(F)F. The molecule has 25 heavy (non-hydrogen) atoms. The topological polar surface area (TPSA) is 47.9 Å². The lowest BCUT2D eigenvalue weighted by atomic mass is 10.2. The quantitative estimate of drug-likeness (QED) is 0.291. The first-order chi connectivity index (χ1) is 11.8. The second-order valence-electron chi connectivity index (χ2n) is 4.74. The van der Waals surface area contributed by atoms with Crippen LogP contribution in [0.5, 0.6) is 0 Å². The highest BCUT2D eigenvalue weighted by Crippen LogP contribution is 2.38. The highest BCUT2D eigenvalue weighted by atomic mass is 32.2. The van der Waals surface area contributed by atoms with Gasteiger partial charge in [-0.3, -0.25) is 0 Å². The van der Waals surface area contributed by atoms with E-state index in [1.54, 1.807) is 11.8 Å². The van der Waals surface area contributed by atoms with Crippen LogP contribution in [0.15, 0.2) is 0 Å². The predicted molar refractivity (Wildman–Crippen MR) is 89.8 cm³/mol. The van der Waals surface area contributed by atoms with Crippen molar-refractivity contribution in [2.24, 2.45) is 0 Å². The Bertz CT molecular complexity index is 309. The first-order valence-electron chi connectivity index (χ1n) is 7.75. The molecule has 0 aromatic carbocycles. The van der Waals surface area contributed by atoms with E-state index in [9.17, 15) is 22.0 Å². The van der Waals surface area contributed by atoms with Gasteiger partial charge in [0.15, 0.2) is 0 Å². The Morgan fingerprint density at radius 3 is 1.64 bits per heavy atom. The van der Waals surface area contributed by atoms with Crippen LogP contribution in [-0.4, -0.2) is 86.5 Å². The minimum atomic E-state index is -5.46. The monoisotopic (exact) mass is 416 g/mol. The van der Waals surface area contributed by atoms with Crippen LogP contribution in [0.4, 0.5) is 22.0 Å². The molecule has 0 saturated heterocycles. The zero-order valence-corrected chi connectivity index (χ0v) is 15.5. The molecule has 1 N–H and O–H groups in total. The van der Waals surface area contributed by atoms with Gasteiger partial charge in [-0.15, -0.1) is 0 Å². The highest BCUT2D eigenvalue weighted by molar-refractivity contribution is 8.02. The summed E-state index contributed by atoms with van der Waals surface area (Å²) >= 11 is 2.64.